The van der Waals surface area contributed by atoms with E-state index in [2.05, 4.69) is 5.10 Å². The van der Waals surface area contributed by atoms with Gasteiger partial charge >= 0.3 is 0 Å². The molecule has 0 aliphatic carbocycles. The number of likely N-dealkylation sites (tertiary alicyclic amines) is 1. The van der Waals surface area contributed by atoms with E-state index in [1.54, 1.807) is 29.3 Å². The van der Waals surface area contributed by atoms with E-state index in [1.165, 1.54) is 16.8 Å². The lowest BCUT2D eigenvalue weighted by Crippen LogP contribution is -2.44. The zero-order chi connectivity index (χ0) is 16.4. The summed E-state index contributed by atoms with van der Waals surface area (Å²) in [6, 6.07) is 7.45. The minimum Gasteiger partial charge on any atom is -0.369 e. The smallest absolute Gasteiger partial charge is 0.274 e. The van der Waals surface area contributed by atoms with Crippen LogP contribution in [-0.2, 0) is 4.79 Å². The lowest BCUT2D eigenvalue weighted by Gasteiger charge is -2.30. The van der Waals surface area contributed by atoms with Gasteiger partial charge in [-0.25, -0.2) is 9.07 Å². The van der Waals surface area contributed by atoms with E-state index in [0.717, 1.165) is 6.42 Å². The van der Waals surface area contributed by atoms with E-state index in [1.807, 2.05) is 0 Å². The molecule has 1 atom stereocenters. The van der Waals surface area contributed by atoms with E-state index in [0.29, 0.717) is 30.9 Å². The Morgan fingerprint density at radius 2 is 1.96 bits per heavy atom. The van der Waals surface area contributed by atoms with Crippen LogP contribution in [0.5, 0.6) is 0 Å². The van der Waals surface area contributed by atoms with Crippen molar-refractivity contribution < 1.29 is 14.0 Å². The summed E-state index contributed by atoms with van der Waals surface area (Å²) in [4.78, 5) is 25.4. The molecule has 2 N–H and O–H groups in total. The van der Waals surface area contributed by atoms with E-state index < -0.39 is 0 Å². The van der Waals surface area contributed by atoms with Crippen molar-refractivity contribution >= 4 is 11.8 Å². The number of nitrogens with zero attached hydrogens (tertiary/aromatic N) is 3. The van der Waals surface area contributed by atoms with Crippen molar-refractivity contribution in [3.05, 3.63) is 48.0 Å². The van der Waals surface area contributed by atoms with Gasteiger partial charge in [0.1, 0.15) is 5.82 Å². The Kier molecular flexibility index (Phi) is 4.10. The van der Waals surface area contributed by atoms with Crippen molar-refractivity contribution in [3.8, 4) is 5.69 Å². The van der Waals surface area contributed by atoms with E-state index in [9.17, 15) is 14.0 Å². The topological polar surface area (TPSA) is 81.2 Å². The van der Waals surface area contributed by atoms with E-state index >= 15 is 0 Å². The summed E-state index contributed by atoms with van der Waals surface area (Å²) >= 11 is 0. The Labute approximate surface area is 132 Å². The first-order chi connectivity index (χ1) is 11.0. The van der Waals surface area contributed by atoms with Gasteiger partial charge in [0.05, 0.1) is 11.6 Å². The molecule has 0 saturated carbocycles. The number of hydrogen-bond acceptors (Lipinski definition) is 3. The molecule has 1 aromatic heterocycles. The number of rotatable bonds is 3. The first-order valence-corrected chi connectivity index (χ1v) is 7.45. The van der Waals surface area contributed by atoms with Crippen molar-refractivity contribution in [3.63, 3.8) is 0 Å². The number of nitrogens with two attached hydrogens (primary N) is 1. The number of amides is 2. The normalized spacial score (nSPS) is 18.0. The Morgan fingerprint density at radius 3 is 2.65 bits per heavy atom. The maximum atomic E-state index is 13.0. The third kappa shape index (κ3) is 3.23. The summed E-state index contributed by atoms with van der Waals surface area (Å²) < 4.78 is 14.5. The summed E-state index contributed by atoms with van der Waals surface area (Å²) in [6.45, 7) is 0.920. The van der Waals surface area contributed by atoms with Gasteiger partial charge in [0.25, 0.3) is 5.91 Å². The summed E-state index contributed by atoms with van der Waals surface area (Å²) in [5, 5.41) is 4.24. The molecule has 2 aromatic rings. The van der Waals surface area contributed by atoms with E-state index in [4.69, 9.17) is 5.73 Å². The molecule has 1 fully saturated rings. The number of halogens is 1. The molecule has 0 unspecified atom stereocenters. The zero-order valence-electron chi connectivity index (χ0n) is 12.5. The van der Waals surface area contributed by atoms with Crippen molar-refractivity contribution in [2.24, 2.45) is 11.7 Å². The number of hydrogen-bond donors (Lipinski definition) is 1. The molecule has 0 bridgehead atoms. The first-order valence-electron chi connectivity index (χ1n) is 7.45. The van der Waals surface area contributed by atoms with Gasteiger partial charge in [-0.3, -0.25) is 9.59 Å². The molecule has 1 saturated heterocycles. The molecular formula is C16H17FN4O2. The van der Waals surface area contributed by atoms with Gasteiger partial charge in [-0.15, -0.1) is 0 Å². The van der Waals surface area contributed by atoms with Gasteiger partial charge in [-0.05, 0) is 43.2 Å². The number of benzene rings is 1. The number of aromatic nitrogens is 2. The van der Waals surface area contributed by atoms with Crippen LogP contribution in [0.1, 0.15) is 23.3 Å². The third-order valence-electron chi connectivity index (χ3n) is 4.01. The van der Waals surface area contributed by atoms with Gasteiger partial charge in [0.2, 0.25) is 5.91 Å². The van der Waals surface area contributed by atoms with Crippen LogP contribution in [0, 0.1) is 11.7 Å². The molecule has 1 aliphatic heterocycles. The Hall–Kier alpha value is -2.70. The molecule has 120 valence electrons. The van der Waals surface area contributed by atoms with Gasteiger partial charge in [-0.1, -0.05) is 0 Å². The highest BCUT2D eigenvalue weighted by Crippen LogP contribution is 2.18. The Balaban J connectivity index is 1.75. The lowest BCUT2D eigenvalue weighted by atomic mass is 9.97. The molecule has 0 radical (unpaired) electrons. The fraction of sp³-hybridized carbons (Fsp3) is 0.312. The minimum absolute atomic E-state index is 0.225. The fourth-order valence-corrected chi connectivity index (χ4v) is 2.73. The molecule has 1 aliphatic rings. The first kappa shape index (κ1) is 15.2. The van der Waals surface area contributed by atoms with Crippen molar-refractivity contribution in [1.82, 2.24) is 14.7 Å². The van der Waals surface area contributed by atoms with Gasteiger partial charge < -0.3 is 10.6 Å². The second-order valence-corrected chi connectivity index (χ2v) is 5.61. The quantitative estimate of drug-likeness (QED) is 0.928. The van der Waals surface area contributed by atoms with Crippen LogP contribution in [0.4, 0.5) is 4.39 Å². The van der Waals surface area contributed by atoms with Crippen LogP contribution in [0.15, 0.2) is 36.5 Å². The van der Waals surface area contributed by atoms with Crippen LogP contribution in [0.2, 0.25) is 0 Å². The monoisotopic (exact) mass is 316 g/mol. The molecule has 7 heteroatoms. The summed E-state index contributed by atoms with van der Waals surface area (Å²) in [7, 11) is 0. The Bertz CT molecular complexity index is 726. The SMILES string of the molecule is NC(=O)[C@H]1CCCN(C(=O)c2ccn(-c3ccc(F)cc3)n2)C1. The van der Waals surface area contributed by atoms with Crippen LogP contribution in [-0.4, -0.2) is 39.6 Å². The third-order valence-corrected chi connectivity index (χ3v) is 4.01. The van der Waals surface area contributed by atoms with Gasteiger partial charge in [0, 0.05) is 19.3 Å². The predicted octanol–water partition coefficient (Wildman–Crippen LogP) is 1.35. The molecule has 23 heavy (non-hydrogen) atoms. The lowest BCUT2D eigenvalue weighted by molar-refractivity contribution is -0.123. The van der Waals surface area contributed by atoms with Gasteiger partial charge in [-0.2, -0.15) is 5.10 Å². The standard InChI is InChI=1S/C16H17FN4O2/c17-12-3-5-13(6-4-12)21-9-7-14(19-21)16(23)20-8-1-2-11(10-20)15(18)22/h3-7,9,11H,1-2,8,10H2,(H2,18,22)/t11-/m0/s1. The number of primary amides is 1. The van der Waals surface area contributed by atoms with Crippen LogP contribution in [0.25, 0.3) is 5.69 Å². The van der Waals surface area contributed by atoms with Crippen molar-refractivity contribution in [1.29, 1.82) is 0 Å². The fourth-order valence-electron chi connectivity index (χ4n) is 2.73. The second kappa shape index (κ2) is 6.20. The average Bonchev–Trinajstić information content (AvgIpc) is 3.05. The number of carbonyl (C=O) groups is 2. The molecule has 2 heterocycles. The molecule has 3 rings (SSSR count). The zero-order valence-corrected chi connectivity index (χ0v) is 12.5. The second-order valence-electron chi connectivity index (χ2n) is 5.61. The summed E-state index contributed by atoms with van der Waals surface area (Å²) in [5.74, 6) is -1.23. The molecule has 2 amide bonds. The molecular weight excluding hydrogens is 299 g/mol. The number of piperidine rings is 1. The highest BCUT2D eigenvalue weighted by molar-refractivity contribution is 5.92. The largest absolute Gasteiger partial charge is 0.369 e. The van der Waals surface area contributed by atoms with Crippen LogP contribution in [0.3, 0.4) is 0 Å². The van der Waals surface area contributed by atoms with Crippen molar-refractivity contribution in [2.75, 3.05) is 13.1 Å². The number of carbonyl (C=O) groups excluding carboxylic acids is 2. The summed E-state index contributed by atoms with van der Waals surface area (Å²) in [5.41, 5.74) is 6.29. The predicted molar refractivity (Wildman–Crippen MR) is 81.3 cm³/mol. The maximum absolute atomic E-state index is 13.0. The maximum Gasteiger partial charge on any atom is 0.274 e. The molecule has 1 aromatic carbocycles. The van der Waals surface area contributed by atoms with E-state index in [-0.39, 0.29) is 23.5 Å². The molecule has 6 nitrogen and oxygen atoms in total. The minimum atomic E-state index is -0.376. The van der Waals surface area contributed by atoms with Crippen molar-refractivity contribution in [2.45, 2.75) is 12.8 Å². The van der Waals surface area contributed by atoms with Crippen LogP contribution >= 0.6 is 0 Å². The highest BCUT2D eigenvalue weighted by atomic mass is 19.1. The highest BCUT2D eigenvalue weighted by Gasteiger charge is 2.28. The Morgan fingerprint density at radius 1 is 1.22 bits per heavy atom. The summed E-state index contributed by atoms with van der Waals surface area (Å²) in [6.07, 6.45) is 3.11. The molecule has 0 spiro atoms. The van der Waals surface area contributed by atoms with Crippen LogP contribution < -0.4 is 5.73 Å². The average molecular weight is 316 g/mol. The van der Waals surface area contributed by atoms with Gasteiger partial charge in [0.15, 0.2) is 5.69 Å².